The Labute approximate surface area is 102 Å². The van der Waals surface area contributed by atoms with Gasteiger partial charge in [-0.2, -0.15) is 0 Å². The number of hydrogen-bond acceptors (Lipinski definition) is 3. The molecule has 0 radical (unpaired) electrons. The Balaban J connectivity index is 2.72. The second-order valence-corrected chi connectivity index (χ2v) is 5.51. The van der Waals surface area contributed by atoms with Gasteiger partial charge in [0.2, 0.25) is 10.0 Å². The third-order valence-corrected chi connectivity index (χ3v) is 3.63. The quantitative estimate of drug-likeness (QED) is 0.577. The van der Waals surface area contributed by atoms with Crippen LogP contribution in [0.2, 0.25) is 0 Å². The summed E-state index contributed by atoms with van der Waals surface area (Å²) < 4.78 is 25.9. The van der Waals surface area contributed by atoms with E-state index in [2.05, 4.69) is 11.3 Å². The molecule has 17 heavy (non-hydrogen) atoms. The standard InChI is InChI=1S/C12H17NO3S/c1-2-3-6-9-17(15,16)13-12-8-5-4-7-11(12)10-14/h2,4-5,7-8,13-14H,1,3,6,9-10H2. The fraction of sp³-hybridized carbons (Fsp3) is 0.333. The molecule has 1 rings (SSSR count). The summed E-state index contributed by atoms with van der Waals surface area (Å²) in [6.45, 7) is 3.35. The number of anilines is 1. The Kier molecular flexibility index (Phi) is 5.18. The number of allylic oxidation sites excluding steroid dienone is 1. The van der Waals surface area contributed by atoms with Gasteiger partial charge in [0.25, 0.3) is 0 Å². The highest BCUT2D eigenvalue weighted by Gasteiger charge is 2.11. The SMILES string of the molecule is C=CCCCS(=O)(=O)Nc1ccccc1CO. The third kappa shape index (κ3) is 4.58. The molecule has 0 saturated heterocycles. The largest absolute Gasteiger partial charge is 0.392 e. The maximum atomic E-state index is 11.7. The maximum Gasteiger partial charge on any atom is 0.232 e. The zero-order valence-corrected chi connectivity index (χ0v) is 10.4. The van der Waals surface area contributed by atoms with Crippen molar-refractivity contribution in [1.29, 1.82) is 0 Å². The number of sulfonamides is 1. The van der Waals surface area contributed by atoms with Crippen LogP contribution in [-0.2, 0) is 16.6 Å². The third-order valence-electron chi connectivity index (χ3n) is 2.27. The van der Waals surface area contributed by atoms with Crippen LogP contribution in [0.4, 0.5) is 5.69 Å². The van der Waals surface area contributed by atoms with Crippen molar-refractivity contribution in [2.45, 2.75) is 19.4 Å². The van der Waals surface area contributed by atoms with Crippen LogP contribution >= 0.6 is 0 Å². The summed E-state index contributed by atoms with van der Waals surface area (Å²) in [5.41, 5.74) is 1.01. The smallest absolute Gasteiger partial charge is 0.232 e. The van der Waals surface area contributed by atoms with E-state index >= 15 is 0 Å². The first kappa shape index (κ1) is 13.7. The Bertz CT molecular complexity index is 468. The molecule has 0 saturated carbocycles. The van der Waals surface area contributed by atoms with E-state index < -0.39 is 10.0 Å². The molecule has 2 N–H and O–H groups in total. The second kappa shape index (κ2) is 6.42. The molecule has 0 aliphatic heterocycles. The Morgan fingerprint density at radius 3 is 2.71 bits per heavy atom. The molecule has 0 aromatic heterocycles. The molecule has 94 valence electrons. The monoisotopic (exact) mass is 255 g/mol. The predicted molar refractivity (Wildman–Crippen MR) is 69.2 cm³/mol. The van der Waals surface area contributed by atoms with Gasteiger partial charge in [-0.15, -0.1) is 6.58 Å². The van der Waals surface area contributed by atoms with Crippen molar-refractivity contribution >= 4 is 15.7 Å². The van der Waals surface area contributed by atoms with Crippen LogP contribution in [-0.4, -0.2) is 19.3 Å². The van der Waals surface area contributed by atoms with Gasteiger partial charge in [-0.05, 0) is 18.9 Å². The summed E-state index contributed by atoms with van der Waals surface area (Å²) in [5, 5.41) is 9.08. The van der Waals surface area contributed by atoms with E-state index in [-0.39, 0.29) is 12.4 Å². The van der Waals surface area contributed by atoms with Gasteiger partial charge in [-0.25, -0.2) is 8.42 Å². The molecule has 0 bridgehead atoms. The molecular formula is C12H17NO3S. The van der Waals surface area contributed by atoms with Crippen LogP contribution in [0.25, 0.3) is 0 Å². The first-order chi connectivity index (χ1) is 8.09. The lowest BCUT2D eigenvalue weighted by atomic mass is 10.2. The average Bonchev–Trinajstić information content (AvgIpc) is 2.29. The molecule has 0 aliphatic rings. The topological polar surface area (TPSA) is 66.4 Å². The molecule has 0 atom stereocenters. The first-order valence-electron chi connectivity index (χ1n) is 5.39. The summed E-state index contributed by atoms with van der Waals surface area (Å²) in [6.07, 6.45) is 2.90. The van der Waals surface area contributed by atoms with E-state index in [1.54, 1.807) is 30.3 Å². The lowest BCUT2D eigenvalue weighted by Crippen LogP contribution is -2.17. The second-order valence-electron chi connectivity index (χ2n) is 3.67. The van der Waals surface area contributed by atoms with Crippen LogP contribution in [0, 0.1) is 0 Å². The number of hydrogen-bond donors (Lipinski definition) is 2. The minimum Gasteiger partial charge on any atom is -0.392 e. The van der Waals surface area contributed by atoms with Crippen molar-refractivity contribution < 1.29 is 13.5 Å². The van der Waals surface area contributed by atoms with Gasteiger partial charge in [0, 0.05) is 5.56 Å². The molecule has 0 spiro atoms. The fourth-order valence-corrected chi connectivity index (χ4v) is 2.58. The summed E-state index contributed by atoms with van der Waals surface area (Å²) in [7, 11) is -3.35. The number of nitrogens with one attached hydrogen (secondary N) is 1. The molecule has 5 heteroatoms. The predicted octanol–water partition coefficient (Wildman–Crippen LogP) is 1.89. The van der Waals surface area contributed by atoms with Crippen LogP contribution < -0.4 is 4.72 Å². The fourth-order valence-electron chi connectivity index (χ4n) is 1.39. The van der Waals surface area contributed by atoms with Gasteiger partial charge in [0.05, 0.1) is 18.0 Å². The minimum absolute atomic E-state index is 0.0543. The van der Waals surface area contributed by atoms with Gasteiger partial charge in [-0.3, -0.25) is 4.72 Å². The highest BCUT2D eigenvalue weighted by molar-refractivity contribution is 7.92. The van der Waals surface area contributed by atoms with Crippen LogP contribution in [0.3, 0.4) is 0 Å². The van der Waals surface area contributed by atoms with Gasteiger partial charge in [0.1, 0.15) is 0 Å². The molecule has 0 amide bonds. The maximum absolute atomic E-state index is 11.7. The van der Waals surface area contributed by atoms with E-state index in [4.69, 9.17) is 5.11 Å². The molecule has 4 nitrogen and oxygen atoms in total. The number of benzene rings is 1. The van der Waals surface area contributed by atoms with Crippen molar-refractivity contribution in [3.63, 3.8) is 0 Å². The van der Waals surface area contributed by atoms with E-state index in [0.717, 1.165) is 0 Å². The first-order valence-corrected chi connectivity index (χ1v) is 7.04. The Hall–Kier alpha value is -1.33. The highest BCUT2D eigenvalue weighted by atomic mass is 32.2. The van der Waals surface area contributed by atoms with Gasteiger partial charge < -0.3 is 5.11 Å². The van der Waals surface area contributed by atoms with Crippen molar-refractivity contribution in [3.05, 3.63) is 42.5 Å². The average molecular weight is 255 g/mol. The molecular weight excluding hydrogens is 238 g/mol. The summed E-state index contributed by atoms with van der Waals surface area (Å²) in [4.78, 5) is 0. The zero-order valence-electron chi connectivity index (χ0n) is 9.59. The number of rotatable bonds is 7. The van der Waals surface area contributed by atoms with Gasteiger partial charge in [0.15, 0.2) is 0 Å². The van der Waals surface area contributed by atoms with E-state index in [9.17, 15) is 8.42 Å². The van der Waals surface area contributed by atoms with E-state index in [1.165, 1.54) is 0 Å². The van der Waals surface area contributed by atoms with E-state index in [1.807, 2.05) is 0 Å². The van der Waals surface area contributed by atoms with Crippen LogP contribution in [0.15, 0.2) is 36.9 Å². The van der Waals surface area contributed by atoms with Gasteiger partial charge >= 0.3 is 0 Å². The Morgan fingerprint density at radius 1 is 1.35 bits per heavy atom. The molecule has 0 unspecified atom stereocenters. The van der Waals surface area contributed by atoms with Crippen LogP contribution in [0.1, 0.15) is 18.4 Å². The normalized spacial score (nSPS) is 11.1. The summed E-state index contributed by atoms with van der Waals surface area (Å²) in [6, 6.07) is 6.79. The number of unbranched alkanes of at least 4 members (excludes halogenated alkanes) is 1. The minimum atomic E-state index is -3.35. The van der Waals surface area contributed by atoms with Crippen molar-refractivity contribution in [2.24, 2.45) is 0 Å². The molecule has 0 heterocycles. The molecule has 0 aliphatic carbocycles. The lowest BCUT2D eigenvalue weighted by molar-refractivity contribution is 0.282. The number of para-hydroxylation sites is 1. The molecule has 1 aromatic rings. The van der Waals surface area contributed by atoms with Crippen LogP contribution in [0.5, 0.6) is 0 Å². The molecule has 1 aromatic carbocycles. The van der Waals surface area contributed by atoms with Crippen molar-refractivity contribution in [3.8, 4) is 0 Å². The van der Waals surface area contributed by atoms with E-state index in [0.29, 0.717) is 24.1 Å². The highest BCUT2D eigenvalue weighted by Crippen LogP contribution is 2.16. The number of aliphatic hydroxyl groups excluding tert-OH is 1. The van der Waals surface area contributed by atoms with Crippen molar-refractivity contribution in [2.75, 3.05) is 10.5 Å². The zero-order chi connectivity index (χ0) is 12.7. The number of aliphatic hydroxyl groups is 1. The lowest BCUT2D eigenvalue weighted by Gasteiger charge is -2.10. The summed E-state index contributed by atoms with van der Waals surface area (Å²) in [5.74, 6) is 0.0543. The Morgan fingerprint density at radius 2 is 2.06 bits per heavy atom. The molecule has 0 fully saturated rings. The summed E-state index contributed by atoms with van der Waals surface area (Å²) >= 11 is 0. The van der Waals surface area contributed by atoms with Gasteiger partial charge in [-0.1, -0.05) is 24.3 Å². The van der Waals surface area contributed by atoms with Crippen molar-refractivity contribution in [1.82, 2.24) is 0 Å².